The van der Waals surface area contributed by atoms with Crippen molar-refractivity contribution in [2.75, 3.05) is 26.7 Å². The molecule has 1 aliphatic rings. The first-order chi connectivity index (χ1) is 10.8. The molecule has 1 aromatic rings. The van der Waals surface area contributed by atoms with Gasteiger partial charge in [-0.05, 0) is 38.5 Å². The molecular formula is C17H24N2O4. The molecule has 23 heavy (non-hydrogen) atoms. The van der Waals surface area contributed by atoms with Gasteiger partial charge in [0.1, 0.15) is 5.60 Å². The van der Waals surface area contributed by atoms with Crippen molar-refractivity contribution in [3.63, 3.8) is 0 Å². The lowest BCUT2D eigenvalue weighted by atomic mass is 10.0. The smallest absolute Gasteiger partial charge is 0.410 e. The highest BCUT2D eigenvalue weighted by Gasteiger charge is 2.28. The maximum atomic E-state index is 12.2. The van der Waals surface area contributed by atoms with Crippen LogP contribution in [0.4, 0.5) is 4.79 Å². The number of carbonyl (C=O) groups excluding carboxylic acids is 2. The molecule has 0 saturated carbocycles. The van der Waals surface area contributed by atoms with E-state index in [9.17, 15) is 9.59 Å². The molecule has 0 aromatic heterocycles. The van der Waals surface area contributed by atoms with E-state index < -0.39 is 5.60 Å². The molecule has 126 valence electrons. The van der Waals surface area contributed by atoms with Crippen LogP contribution in [0, 0.1) is 0 Å². The van der Waals surface area contributed by atoms with Crippen LogP contribution in [0.25, 0.3) is 0 Å². The zero-order chi connectivity index (χ0) is 17.0. The van der Waals surface area contributed by atoms with Crippen molar-refractivity contribution in [1.29, 1.82) is 0 Å². The van der Waals surface area contributed by atoms with Crippen molar-refractivity contribution < 1.29 is 19.1 Å². The molecule has 0 bridgehead atoms. The number of hydrogen-bond donors (Lipinski definition) is 1. The fourth-order valence-electron chi connectivity index (χ4n) is 2.43. The van der Waals surface area contributed by atoms with Gasteiger partial charge in [-0.25, -0.2) is 9.59 Å². The summed E-state index contributed by atoms with van der Waals surface area (Å²) in [5.74, 6) is -0.358. The van der Waals surface area contributed by atoms with Crippen LogP contribution in [-0.4, -0.2) is 49.3 Å². The molecule has 1 aromatic carbocycles. The van der Waals surface area contributed by atoms with Gasteiger partial charge in [-0.3, -0.25) is 0 Å². The zero-order valence-electron chi connectivity index (χ0n) is 14.1. The van der Waals surface area contributed by atoms with E-state index in [1.54, 1.807) is 17.0 Å². The molecule has 0 spiro atoms. The minimum Gasteiger partial charge on any atom is -0.465 e. The van der Waals surface area contributed by atoms with Gasteiger partial charge in [0.2, 0.25) is 0 Å². The van der Waals surface area contributed by atoms with Crippen LogP contribution in [0.2, 0.25) is 0 Å². The minimum atomic E-state index is -0.500. The minimum absolute atomic E-state index is 0.0166. The quantitative estimate of drug-likeness (QED) is 0.847. The Morgan fingerprint density at radius 2 is 1.87 bits per heavy atom. The van der Waals surface area contributed by atoms with E-state index in [-0.39, 0.29) is 18.1 Å². The van der Waals surface area contributed by atoms with Crippen molar-refractivity contribution in [3.8, 4) is 0 Å². The third-order valence-electron chi connectivity index (χ3n) is 3.56. The van der Waals surface area contributed by atoms with Crippen molar-refractivity contribution in [3.05, 3.63) is 35.4 Å². The number of benzene rings is 1. The predicted molar refractivity (Wildman–Crippen MR) is 86.3 cm³/mol. The fraction of sp³-hybridized carbons (Fsp3) is 0.529. The van der Waals surface area contributed by atoms with E-state index in [1.807, 2.05) is 32.9 Å². The summed E-state index contributed by atoms with van der Waals surface area (Å²) in [6.07, 6.45) is -0.296. The average molecular weight is 320 g/mol. The van der Waals surface area contributed by atoms with Gasteiger partial charge in [-0.2, -0.15) is 0 Å². The van der Waals surface area contributed by atoms with Crippen molar-refractivity contribution in [1.82, 2.24) is 10.2 Å². The Balaban J connectivity index is 2.03. The van der Waals surface area contributed by atoms with E-state index in [4.69, 9.17) is 9.47 Å². The molecule has 1 heterocycles. The number of esters is 1. The molecule has 1 fully saturated rings. The number of rotatable bonds is 2. The number of methoxy groups -OCH3 is 1. The zero-order valence-corrected chi connectivity index (χ0v) is 14.1. The van der Waals surface area contributed by atoms with Gasteiger partial charge in [-0.1, -0.05) is 12.1 Å². The summed E-state index contributed by atoms with van der Waals surface area (Å²) >= 11 is 0. The third-order valence-corrected chi connectivity index (χ3v) is 3.56. The Bertz CT molecular complexity index is 563. The van der Waals surface area contributed by atoms with Gasteiger partial charge in [0.05, 0.1) is 18.7 Å². The highest BCUT2D eigenvalue weighted by molar-refractivity contribution is 5.89. The molecule has 0 radical (unpaired) electrons. The van der Waals surface area contributed by atoms with Crippen LogP contribution < -0.4 is 5.32 Å². The fourth-order valence-corrected chi connectivity index (χ4v) is 2.43. The summed E-state index contributed by atoms with van der Waals surface area (Å²) in [6, 6.07) is 7.23. The first-order valence-electron chi connectivity index (χ1n) is 7.70. The van der Waals surface area contributed by atoms with Crippen molar-refractivity contribution in [2.45, 2.75) is 32.4 Å². The maximum absolute atomic E-state index is 12.2. The first-order valence-corrected chi connectivity index (χ1v) is 7.70. The highest BCUT2D eigenvalue weighted by atomic mass is 16.6. The molecule has 1 saturated heterocycles. The van der Waals surface area contributed by atoms with Gasteiger partial charge in [-0.15, -0.1) is 0 Å². The van der Waals surface area contributed by atoms with Gasteiger partial charge >= 0.3 is 12.1 Å². The number of piperazine rings is 1. The highest BCUT2D eigenvalue weighted by Crippen LogP contribution is 2.20. The lowest BCUT2D eigenvalue weighted by Gasteiger charge is -2.35. The molecule has 1 N–H and O–H groups in total. The van der Waals surface area contributed by atoms with Crippen LogP contribution in [-0.2, 0) is 9.47 Å². The summed E-state index contributed by atoms with van der Waals surface area (Å²) in [5, 5.41) is 3.38. The lowest BCUT2D eigenvalue weighted by Crippen LogP contribution is -2.49. The van der Waals surface area contributed by atoms with Gasteiger partial charge in [0.25, 0.3) is 0 Å². The molecule has 1 aliphatic heterocycles. The Labute approximate surface area is 136 Å². The molecule has 1 atom stereocenters. The number of hydrogen-bond acceptors (Lipinski definition) is 5. The summed E-state index contributed by atoms with van der Waals surface area (Å²) < 4.78 is 10.1. The number of ether oxygens (including phenoxy) is 2. The van der Waals surface area contributed by atoms with E-state index >= 15 is 0 Å². The van der Waals surface area contributed by atoms with Crippen LogP contribution >= 0.6 is 0 Å². The van der Waals surface area contributed by atoms with E-state index in [0.717, 1.165) is 5.56 Å². The normalized spacial score (nSPS) is 18.4. The van der Waals surface area contributed by atoms with Crippen LogP contribution in [0.5, 0.6) is 0 Å². The molecule has 6 heteroatoms. The van der Waals surface area contributed by atoms with Crippen molar-refractivity contribution in [2.24, 2.45) is 0 Å². The SMILES string of the molecule is COC(=O)c1ccc(C2CN(C(=O)OC(C)(C)C)CCN2)cc1. The Morgan fingerprint density at radius 1 is 1.22 bits per heavy atom. The van der Waals surface area contributed by atoms with E-state index in [0.29, 0.717) is 25.2 Å². The molecule has 1 unspecified atom stereocenters. The third kappa shape index (κ3) is 4.69. The van der Waals surface area contributed by atoms with E-state index in [2.05, 4.69) is 5.32 Å². The molecular weight excluding hydrogens is 296 g/mol. The Hall–Kier alpha value is -2.08. The van der Waals surface area contributed by atoms with Crippen LogP contribution in [0.1, 0.15) is 42.7 Å². The molecule has 2 rings (SSSR count). The van der Waals surface area contributed by atoms with Crippen LogP contribution in [0.3, 0.4) is 0 Å². The lowest BCUT2D eigenvalue weighted by molar-refractivity contribution is 0.0195. The number of nitrogens with one attached hydrogen (secondary N) is 1. The second-order valence-corrected chi connectivity index (χ2v) is 6.55. The van der Waals surface area contributed by atoms with Crippen molar-refractivity contribution >= 4 is 12.1 Å². The second kappa shape index (κ2) is 7.00. The number of nitrogens with zero attached hydrogens (tertiary/aromatic N) is 1. The standard InChI is InChI=1S/C17H24N2O4/c1-17(2,3)23-16(21)19-10-9-18-14(11-19)12-5-7-13(8-6-12)15(20)22-4/h5-8,14,18H,9-11H2,1-4H3. The van der Waals surface area contributed by atoms with E-state index in [1.165, 1.54) is 7.11 Å². The number of amides is 1. The summed E-state index contributed by atoms with van der Waals surface area (Å²) in [7, 11) is 1.36. The largest absolute Gasteiger partial charge is 0.465 e. The summed E-state index contributed by atoms with van der Waals surface area (Å²) in [6.45, 7) is 7.42. The first kappa shape index (κ1) is 17.3. The summed E-state index contributed by atoms with van der Waals surface area (Å²) in [5.41, 5.74) is 1.03. The maximum Gasteiger partial charge on any atom is 0.410 e. The van der Waals surface area contributed by atoms with Gasteiger partial charge in [0, 0.05) is 19.6 Å². The monoisotopic (exact) mass is 320 g/mol. The molecule has 1 amide bonds. The van der Waals surface area contributed by atoms with Crippen LogP contribution in [0.15, 0.2) is 24.3 Å². The topological polar surface area (TPSA) is 67.9 Å². The molecule has 0 aliphatic carbocycles. The average Bonchev–Trinajstić information content (AvgIpc) is 2.53. The molecule has 6 nitrogen and oxygen atoms in total. The Kier molecular flexibility index (Phi) is 5.26. The number of carbonyl (C=O) groups is 2. The van der Waals surface area contributed by atoms with Gasteiger partial charge in [0.15, 0.2) is 0 Å². The Morgan fingerprint density at radius 3 is 2.43 bits per heavy atom. The summed E-state index contributed by atoms with van der Waals surface area (Å²) in [4.78, 5) is 25.4. The predicted octanol–water partition coefficient (Wildman–Crippen LogP) is 2.35. The second-order valence-electron chi connectivity index (χ2n) is 6.55. The van der Waals surface area contributed by atoms with Gasteiger partial charge < -0.3 is 19.7 Å².